The third-order valence-corrected chi connectivity index (χ3v) is 3.29. The van der Waals surface area contributed by atoms with Gasteiger partial charge in [-0.3, -0.25) is 4.79 Å². The minimum Gasteiger partial charge on any atom is -0.355 e. The lowest BCUT2D eigenvalue weighted by atomic mass is 9.95. The van der Waals surface area contributed by atoms with Crippen LogP contribution in [0.3, 0.4) is 0 Å². The van der Waals surface area contributed by atoms with E-state index >= 15 is 0 Å². The molecule has 0 heterocycles. The van der Waals surface area contributed by atoms with E-state index in [-0.39, 0.29) is 11.3 Å². The Morgan fingerprint density at radius 3 is 2.72 bits per heavy atom. The minimum atomic E-state index is -0.306. The third kappa shape index (κ3) is 2.63. The van der Waals surface area contributed by atoms with Crippen LogP contribution in [0.1, 0.15) is 24.8 Å². The molecule has 94 valence electrons. The summed E-state index contributed by atoms with van der Waals surface area (Å²) in [5.74, 6) is 0.0923. The highest BCUT2D eigenvalue weighted by Gasteiger charge is 2.50. The molecule has 2 rings (SSSR count). The maximum atomic E-state index is 12.1. The van der Waals surface area contributed by atoms with Gasteiger partial charge in [-0.05, 0) is 30.4 Å². The van der Waals surface area contributed by atoms with Crippen LogP contribution in [0, 0.1) is 0 Å². The summed E-state index contributed by atoms with van der Waals surface area (Å²) in [7, 11) is 0. The van der Waals surface area contributed by atoms with Crippen LogP contribution in [-0.4, -0.2) is 19.0 Å². The second-order valence-electron chi connectivity index (χ2n) is 4.51. The zero-order valence-electron chi connectivity index (χ0n) is 10.2. The molecule has 1 amide bonds. The average molecular weight is 244 g/mol. The predicted octanol–water partition coefficient (Wildman–Crippen LogP) is 2.53. The Morgan fingerprint density at radius 1 is 1.39 bits per heavy atom. The van der Waals surface area contributed by atoms with Crippen molar-refractivity contribution in [3.8, 4) is 0 Å². The lowest BCUT2D eigenvalue weighted by Gasteiger charge is -2.15. The van der Waals surface area contributed by atoms with Crippen molar-refractivity contribution >= 4 is 5.91 Å². The highest BCUT2D eigenvalue weighted by Crippen LogP contribution is 2.48. The van der Waals surface area contributed by atoms with Crippen molar-refractivity contribution in [2.24, 2.45) is 5.11 Å². The average Bonchev–Trinajstić information content (AvgIpc) is 3.21. The molecule has 1 aliphatic rings. The van der Waals surface area contributed by atoms with Crippen LogP contribution in [0.4, 0.5) is 0 Å². The van der Waals surface area contributed by atoms with E-state index in [0.717, 1.165) is 18.4 Å². The third-order valence-electron chi connectivity index (χ3n) is 3.29. The van der Waals surface area contributed by atoms with E-state index in [9.17, 15) is 4.79 Å². The first kappa shape index (κ1) is 12.5. The molecule has 18 heavy (non-hydrogen) atoms. The molecule has 0 spiro atoms. The number of nitrogens with one attached hydrogen (secondary N) is 1. The smallest absolute Gasteiger partial charge is 0.230 e. The highest BCUT2D eigenvalue weighted by atomic mass is 16.2. The van der Waals surface area contributed by atoms with Gasteiger partial charge < -0.3 is 5.32 Å². The van der Waals surface area contributed by atoms with Crippen LogP contribution >= 0.6 is 0 Å². The second-order valence-corrected chi connectivity index (χ2v) is 4.51. The number of rotatable bonds is 6. The number of nitrogens with zero attached hydrogens (tertiary/aromatic N) is 3. The predicted molar refractivity (Wildman–Crippen MR) is 69.0 cm³/mol. The number of hydrogen-bond acceptors (Lipinski definition) is 2. The van der Waals surface area contributed by atoms with Crippen LogP contribution in [0.5, 0.6) is 0 Å². The molecule has 0 saturated heterocycles. The van der Waals surface area contributed by atoms with E-state index in [0.29, 0.717) is 19.5 Å². The Kier molecular flexibility index (Phi) is 3.85. The summed E-state index contributed by atoms with van der Waals surface area (Å²) >= 11 is 0. The lowest BCUT2D eigenvalue weighted by molar-refractivity contribution is -0.123. The molecule has 1 N–H and O–H groups in total. The molecule has 0 aliphatic heterocycles. The summed E-state index contributed by atoms with van der Waals surface area (Å²) in [5.41, 5.74) is 8.92. The largest absolute Gasteiger partial charge is 0.355 e. The number of carbonyl (C=O) groups is 1. The van der Waals surface area contributed by atoms with Gasteiger partial charge in [0.1, 0.15) is 0 Å². The van der Waals surface area contributed by atoms with Gasteiger partial charge in [-0.2, -0.15) is 0 Å². The van der Waals surface area contributed by atoms with Crippen LogP contribution in [0.25, 0.3) is 10.4 Å². The standard InChI is InChI=1S/C13H16N4O/c14-17-16-10-4-9-15-12(18)13(7-8-13)11-5-2-1-3-6-11/h1-3,5-6H,4,7-10H2,(H,15,18). The normalized spacial score (nSPS) is 15.6. The van der Waals surface area contributed by atoms with Gasteiger partial charge in [0.05, 0.1) is 5.41 Å². The maximum Gasteiger partial charge on any atom is 0.230 e. The highest BCUT2D eigenvalue weighted by molar-refractivity contribution is 5.91. The Bertz CT molecular complexity index is 461. The molecule has 0 aromatic heterocycles. The Labute approximate surface area is 106 Å². The van der Waals surface area contributed by atoms with Crippen molar-refractivity contribution < 1.29 is 4.79 Å². The van der Waals surface area contributed by atoms with Gasteiger partial charge in [0.25, 0.3) is 0 Å². The molecule has 0 unspecified atom stereocenters. The molecule has 1 fully saturated rings. The van der Waals surface area contributed by atoms with Gasteiger partial charge in [0, 0.05) is 18.0 Å². The molecule has 1 aliphatic carbocycles. The fourth-order valence-electron chi connectivity index (χ4n) is 2.09. The van der Waals surface area contributed by atoms with Gasteiger partial charge in [-0.25, -0.2) is 0 Å². The summed E-state index contributed by atoms with van der Waals surface area (Å²) in [5, 5.41) is 6.35. The number of amides is 1. The lowest BCUT2D eigenvalue weighted by Crippen LogP contribution is -2.35. The van der Waals surface area contributed by atoms with Gasteiger partial charge in [-0.15, -0.1) is 0 Å². The molecule has 0 radical (unpaired) electrons. The van der Waals surface area contributed by atoms with Crippen molar-refractivity contribution in [2.45, 2.75) is 24.7 Å². The number of azide groups is 1. The van der Waals surface area contributed by atoms with Gasteiger partial charge >= 0.3 is 0 Å². The minimum absolute atomic E-state index is 0.0923. The molecule has 0 atom stereocenters. The van der Waals surface area contributed by atoms with Crippen molar-refractivity contribution in [1.29, 1.82) is 0 Å². The second kappa shape index (κ2) is 5.56. The first-order valence-corrected chi connectivity index (χ1v) is 6.14. The summed E-state index contributed by atoms with van der Waals surface area (Å²) in [6, 6.07) is 9.89. The van der Waals surface area contributed by atoms with Crippen molar-refractivity contribution in [3.05, 3.63) is 46.3 Å². The molecule has 1 aromatic rings. The van der Waals surface area contributed by atoms with Gasteiger partial charge in [0.2, 0.25) is 5.91 Å². The summed E-state index contributed by atoms with van der Waals surface area (Å²) in [6.45, 7) is 0.988. The monoisotopic (exact) mass is 244 g/mol. The quantitative estimate of drug-likeness (QED) is 0.355. The number of carbonyl (C=O) groups excluding carboxylic acids is 1. The fraction of sp³-hybridized carbons (Fsp3) is 0.462. The van der Waals surface area contributed by atoms with E-state index in [2.05, 4.69) is 15.3 Å². The van der Waals surface area contributed by atoms with Crippen molar-refractivity contribution in [2.75, 3.05) is 13.1 Å². The topological polar surface area (TPSA) is 77.9 Å². The molecule has 1 aromatic carbocycles. The maximum absolute atomic E-state index is 12.1. The van der Waals surface area contributed by atoms with E-state index in [1.54, 1.807) is 0 Å². The number of benzene rings is 1. The van der Waals surface area contributed by atoms with E-state index in [1.165, 1.54) is 0 Å². The summed E-state index contributed by atoms with van der Waals surface area (Å²) in [4.78, 5) is 14.8. The first-order chi connectivity index (χ1) is 8.79. The molecular formula is C13H16N4O. The van der Waals surface area contributed by atoms with Gasteiger partial charge in [-0.1, -0.05) is 35.4 Å². The SMILES string of the molecule is [N-]=[N+]=NCCCNC(=O)C1(c2ccccc2)CC1. The van der Waals surface area contributed by atoms with E-state index in [4.69, 9.17) is 5.53 Å². The molecule has 5 heteroatoms. The van der Waals surface area contributed by atoms with E-state index in [1.807, 2.05) is 30.3 Å². The van der Waals surface area contributed by atoms with E-state index < -0.39 is 0 Å². The fourth-order valence-corrected chi connectivity index (χ4v) is 2.09. The molecular weight excluding hydrogens is 228 g/mol. The summed E-state index contributed by atoms with van der Waals surface area (Å²) in [6.07, 6.45) is 2.51. The Morgan fingerprint density at radius 2 is 2.11 bits per heavy atom. The molecule has 0 bridgehead atoms. The summed E-state index contributed by atoms with van der Waals surface area (Å²) < 4.78 is 0. The van der Waals surface area contributed by atoms with Crippen LogP contribution in [0.2, 0.25) is 0 Å². The van der Waals surface area contributed by atoms with Crippen LogP contribution in [-0.2, 0) is 10.2 Å². The van der Waals surface area contributed by atoms with Crippen LogP contribution in [0.15, 0.2) is 35.4 Å². The van der Waals surface area contributed by atoms with Crippen molar-refractivity contribution in [3.63, 3.8) is 0 Å². The zero-order valence-corrected chi connectivity index (χ0v) is 10.2. The molecule has 5 nitrogen and oxygen atoms in total. The van der Waals surface area contributed by atoms with Crippen LogP contribution < -0.4 is 5.32 Å². The zero-order chi connectivity index (χ0) is 12.8. The van der Waals surface area contributed by atoms with Gasteiger partial charge in [0.15, 0.2) is 0 Å². The Balaban J connectivity index is 1.87. The molecule has 1 saturated carbocycles. The van der Waals surface area contributed by atoms with Crippen molar-refractivity contribution in [1.82, 2.24) is 5.32 Å². The number of hydrogen-bond donors (Lipinski definition) is 1. The Hall–Kier alpha value is -2.00. The first-order valence-electron chi connectivity index (χ1n) is 6.14.